The molecule has 0 atom stereocenters. The molecule has 0 fully saturated rings. The number of furan rings is 2. The van der Waals surface area contributed by atoms with Crippen molar-refractivity contribution in [3.8, 4) is 11.4 Å². The topological polar surface area (TPSA) is 162 Å². The summed E-state index contributed by atoms with van der Waals surface area (Å²) in [5, 5.41) is 15.5. The Labute approximate surface area is 333 Å². The van der Waals surface area contributed by atoms with Gasteiger partial charge in [0.05, 0.1) is 26.1 Å². The Kier molecular flexibility index (Phi) is 10.0. The first-order valence-electron chi connectivity index (χ1n) is 16.4. The fourth-order valence-corrected chi connectivity index (χ4v) is 9.81. The zero-order chi connectivity index (χ0) is 37.9. The molecule has 2 aromatic carbocycles. The third-order valence-corrected chi connectivity index (χ3v) is 13.1. The van der Waals surface area contributed by atoms with Crippen LogP contribution in [0.2, 0.25) is 20.1 Å². The van der Waals surface area contributed by atoms with Crippen molar-refractivity contribution in [2.24, 2.45) is 0 Å². The Balaban J connectivity index is 0.892. The largest absolute Gasteiger partial charge is 0.451 e. The van der Waals surface area contributed by atoms with Gasteiger partial charge in [0.15, 0.2) is 32.5 Å². The molecule has 0 bridgehead atoms. The summed E-state index contributed by atoms with van der Waals surface area (Å²) in [6.07, 6.45) is 3.88. The number of nitrogens with one attached hydrogen (secondary N) is 1. The summed E-state index contributed by atoms with van der Waals surface area (Å²) in [6, 6.07) is 12.9. The molecule has 0 unspecified atom stereocenters. The van der Waals surface area contributed by atoms with E-state index >= 15 is 0 Å². The average Bonchev–Trinajstić information content (AvgIpc) is 3.94. The monoisotopic (exact) mass is 863 g/mol. The number of Topliss-reactive ketones (excluding diaryl/α,β-unsaturated/α-hetero) is 1. The standard InChI is InChI=1S/C35H25Cl4N5O7S3/c36-17-7-9-21(19(38)14-17)43-29-32(50-24-11-13-52-33(24)29)28(42-43)35(46)40-12-5-3-1-2-4-6-23(45)27-31-30(34-25(51-31)16-26(53-34)54(47,48)49)44(41-27)22-10-8-18(37)15-20(22)39/h7-11,13-16H,1-6,12H2,(H,40,46)(H,47,48,49). The number of rotatable bonds is 13. The number of unbranched alkanes of at least 4 members (excludes halogenated alkanes) is 4. The van der Waals surface area contributed by atoms with Gasteiger partial charge in [-0.25, -0.2) is 9.36 Å². The van der Waals surface area contributed by atoms with Crippen molar-refractivity contribution >= 4 is 134 Å². The Bertz CT molecular complexity index is 2880. The van der Waals surface area contributed by atoms with Gasteiger partial charge >= 0.3 is 10.1 Å². The summed E-state index contributed by atoms with van der Waals surface area (Å²) < 4.78 is 49.2. The van der Waals surface area contributed by atoms with E-state index in [0.717, 1.165) is 35.3 Å². The molecule has 0 radical (unpaired) electrons. The molecule has 278 valence electrons. The lowest BCUT2D eigenvalue weighted by atomic mass is 10.1. The third kappa shape index (κ3) is 6.81. The first-order valence-corrected chi connectivity index (χ1v) is 21.1. The van der Waals surface area contributed by atoms with Crippen LogP contribution in [0.3, 0.4) is 0 Å². The molecule has 6 aromatic heterocycles. The van der Waals surface area contributed by atoms with E-state index in [9.17, 15) is 22.6 Å². The van der Waals surface area contributed by atoms with E-state index in [1.807, 2.05) is 11.4 Å². The fraction of sp³-hybridized carbons (Fsp3) is 0.200. The van der Waals surface area contributed by atoms with Crippen molar-refractivity contribution in [1.82, 2.24) is 24.9 Å². The number of aromatic nitrogens is 4. The summed E-state index contributed by atoms with van der Waals surface area (Å²) in [4.78, 5) is 26.8. The maximum Gasteiger partial charge on any atom is 0.304 e. The Morgan fingerprint density at radius 2 is 1.35 bits per heavy atom. The summed E-state index contributed by atoms with van der Waals surface area (Å²) >= 11 is 27.5. The minimum Gasteiger partial charge on any atom is -0.451 e. The molecule has 8 aromatic rings. The number of thiophene rings is 2. The van der Waals surface area contributed by atoms with Crippen LogP contribution in [0.1, 0.15) is 59.5 Å². The van der Waals surface area contributed by atoms with Gasteiger partial charge in [-0.2, -0.15) is 18.6 Å². The van der Waals surface area contributed by atoms with Crippen molar-refractivity contribution in [2.45, 2.75) is 42.7 Å². The fourth-order valence-electron chi connectivity index (χ4n) is 6.22. The number of hydrogen-bond acceptors (Lipinski definition) is 10. The van der Waals surface area contributed by atoms with Crippen LogP contribution in [-0.2, 0) is 10.1 Å². The van der Waals surface area contributed by atoms with Crippen LogP contribution < -0.4 is 5.32 Å². The number of amides is 1. The van der Waals surface area contributed by atoms with Gasteiger partial charge in [-0.05, 0) is 60.7 Å². The second-order valence-corrected chi connectivity index (χ2v) is 17.6. The number of halogens is 4. The van der Waals surface area contributed by atoms with Gasteiger partial charge in [-0.15, -0.1) is 22.7 Å². The summed E-state index contributed by atoms with van der Waals surface area (Å²) in [7, 11) is -4.48. The second-order valence-electron chi connectivity index (χ2n) is 12.3. The minimum atomic E-state index is -4.48. The zero-order valence-electron chi connectivity index (χ0n) is 27.6. The minimum absolute atomic E-state index is 0.0850. The molecular formula is C35H25Cl4N5O7S3. The molecule has 0 aliphatic carbocycles. The van der Waals surface area contributed by atoms with Gasteiger partial charge in [0, 0.05) is 29.1 Å². The quantitative estimate of drug-likeness (QED) is 0.0652. The van der Waals surface area contributed by atoms with Crippen LogP contribution in [0.25, 0.3) is 54.1 Å². The molecule has 6 heterocycles. The van der Waals surface area contributed by atoms with E-state index in [0.29, 0.717) is 72.7 Å². The Morgan fingerprint density at radius 3 is 2.02 bits per heavy atom. The summed E-state index contributed by atoms with van der Waals surface area (Å²) in [6.45, 7) is 0.417. The molecule has 0 saturated heterocycles. The molecule has 0 aliphatic rings. The van der Waals surface area contributed by atoms with Gasteiger partial charge < -0.3 is 14.2 Å². The Hall–Kier alpha value is -3.93. The van der Waals surface area contributed by atoms with Crippen molar-refractivity contribution in [3.05, 3.63) is 85.4 Å². The van der Waals surface area contributed by atoms with Crippen LogP contribution in [0.15, 0.2) is 67.0 Å². The van der Waals surface area contributed by atoms with Gasteiger partial charge in [0.1, 0.15) is 26.9 Å². The molecular weight excluding hydrogens is 840 g/mol. The molecule has 1 amide bonds. The molecule has 2 N–H and O–H groups in total. The van der Waals surface area contributed by atoms with Gasteiger partial charge in [-0.3, -0.25) is 14.1 Å². The van der Waals surface area contributed by atoms with Crippen molar-refractivity contribution < 1.29 is 31.4 Å². The van der Waals surface area contributed by atoms with Crippen molar-refractivity contribution in [2.75, 3.05) is 6.54 Å². The predicted octanol–water partition coefficient (Wildman–Crippen LogP) is 10.8. The predicted molar refractivity (Wildman–Crippen MR) is 212 cm³/mol. The first kappa shape index (κ1) is 37.0. The highest BCUT2D eigenvalue weighted by Crippen LogP contribution is 2.41. The number of fused-ring (bicyclic) bond motifs is 6. The molecule has 0 spiro atoms. The SMILES string of the molecule is O=C(CCCCCCCNC(=O)c1nn(-c2ccc(Cl)cc2Cl)c2c1oc1ccsc12)c1nn(-c2ccc(Cl)cc2Cl)c2c1oc1cc(S(=O)(=O)O)sc12. The number of nitrogens with zero attached hydrogens (tertiary/aromatic N) is 4. The van der Waals surface area contributed by atoms with E-state index in [1.165, 1.54) is 28.2 Å². The van der Waals surface area contributed by atoms with E-state index in [4.69, 9.17) is 55.2 Å². The average molecular weight is 866 g/mol. The molecule has 54 heavy (non-hydrogen) atoms. The molecule has 12 nitrogen and oxygen atoms in total. The molecule has 0 aliphatic heterocycles. The number of carbonyl (C=O) groups excluding carboxylic acids is 2. The van der Waals surface area contributed by atoms with Crippen LogP contribution >= 0.6 is 69.1 Å². The highest BCUT2D eigenvalue weighted by atomic mass is 35.5. The summed E-state index contributed by atoms with van der Waals surface area (Å²) in [5.41, 5.74) is 3.64. The lowest BCUT2D eigenvalue weighted by molar-refractivity contribution is 0.0945. The second kappa shape index (κ2) is 14.6. The van der Waals surface area contributed by atoms with Crippen LogP contribution in [0.4, 0.5) is 0 Å². The van der Waals surface area contributed by atoms with Crippen LogP contribution in [-0.4, -0.2) is 50.8 Å². The number of ketones is 1. The van der Waals surface area contributed by atoms with Gasteiger partial charge in [0.2, 0.25) is 0 Å². The van der Waals surface area contributed by atoms with Gasteiger partial charge in [-0.1, -0.05) is 65.7 Å². The van der Waals surface area contributed by atoms with E-state index < -0.39 is 10.1 Å². The molecule has 19 heteroatoms. The highest BCUT2D eigenvalue weighted by molar-refractivity contribution is 7.88. The maximum atomic E-state index is 13.5. The zero-order valence-corrected chi connectivity index (χ0v) is 33.0. The lowest BCUT2D eigenvalue weighted by Crippen LogP contribution is -2.25. The van der Waals surface area contributed by atoms with Crippen LogP contribution in [0.5, 0.6) is 0 Å². The lowest BCUT2D eigenvalue weighted by Gasteiger charge is -2.06. The molecule has 0 saturated carbocycles. The first-order chi connectivity index (χ1) is 25.9. The van der Waals surface area contributed by atoms with Gasteiger partial charge in [0.25, 0.3) is 5.91 Å². The Morgan fingerprint density at radius 1 is 0.759 bits per heavy atom. The van der Waals surface area contributed by atoms with E-state index in [1.54, 1.807) is 35.0 Å². The molecule has 8 rings (SSSR count). The van der Waals surface area contributed by atoms with E-state index in [-0.39, 0.29) is 49.9 Å². The van der Waals surface area contributed by atoms with E-state index in [2.05, 4.69) is 15.5 Å². The normalized spacial score (nSPS) is 12.2. The number of benzene rings is 2. The van der Waals surface area contributed by atoms with Crippen molar-refractivity contribution in [3.63, 3.8) is 0 Å². The number of carbonyl (C=O) groups is 2. The third-order valence-electron chi connectivity index (χ3n) is 8.72. The highest BCUT2D eigenvalue weighted by Gasteiger charge is 2.29. The van der Waals surface area contributed by atoms with Crippen molar-refractivity contribution in [1.29, 1.82) is 0 Å². The maximum absolute atomic E-state index is 13.5. The summed E-state index contributed by atoms with van der Waals surface area (Å²) in [5.74, 6) is -0.621. The number of hydrogen-bond donors (Lipinski definition) is 2. The smallest absolute Gasteiger partial charge is 0.304 e. The van der Waals surface area contributed by atoms with Crippen LogP contribution in [0, 0.1) is 0 Å².